The number of carbonyl (C=O) groups excluding carboxylic acids is 1. The number of amides is 1. The molecule has 0 bridgehead atoms. The first-order chi connectivity index (χ1) is 12.4. The summed E-state index contributed by atoms with van der Waals surface area (Å²) in [6, 6.07) is 13.9. The number of ether oxygens (including phenoxy) is 1. The van der Waals surface area contributed by atoms with Gasteiger partial charge in [0.2, 0.25) is 0 Å². The Hall–Kier alpha value is -2.01. The number of thioether (sulfide) groups is 1. The molecule has 2 heterocycles. The van der Waals surface area contributed by atoms with Crippen LogP contribution in [0.25, 0.3) is 0 Å². The lowest BCUT2D eigenvalue weighted by Gasteiger charge is -2.27. The Bertz CT molecular complexity index is 743. The molecule has 26 heavy (non-hydrogen) atoms. The topological polar surface area (TPSA) is 42.4 Å². The summed E-state index contributed by atoms with van der Waals surface area (Å²) in [5.41, 5.74) is 2.13. The van der Waals surface area contributed by atoms with E-state index in [1.165, 1.54) is 0 Å². The van der Waals surface area contributed by atoms with Crippen LogP contribution in [0, 0.1) is 0 Å². The molecule has 1 saturated heterocycles. The molecule has 1 aromatic carbocycles. The Morgan fingerprint density at radius 1 is 1.23 bits per heavy atom. The predicted octanol–water partition coefficient (Wildman–Crippen LogP) is 5.45. The van der Waals surface area contributed by atoms with Crippen molar-refractivity contribution in [1.82, 2.24) is 9.88 Å². The highest BCUT2D eigenvalue weighted by Gasteiger charge is 2.33. The lowest BCUT2D eigenvalue weighted by molar-refractivity contribution is 0.0916. The van der Waals surface area contributed by atoms with E-state index < -0.39 is 0 Å². The van der Waals surface area contributed by atoms with Gasteiger partial charge >= 0.3 is 6.09 Å². The SMILES string of the molecule is CC(C)(C)Sc1ncccc1[C@H]1CCCN1C(=O)OCc1ccccc1. The number of aromatic nitrogens is 1. The zero-order chi connectivity index (χ0) is 18.6. The molecule has 0 N–H and O–H groups in total. The van der Waals surface area contributed by atoms with Gasteiger partial charge in [-0.2, -0.15) is 0 Å². The van der Waals surface area contributed by atoms with Gasteiger partial charge in [-0.1, -0.05) is 57.2 Å². The first-order valence-electron chi connectivity index (χ1n) is 9.05. The fraction of sp³-hybridized carbons (Fsp3) is 0.429. The van der Waals surface area contributed by atoms with Crippen molar-refractivity contribution in [3.8, 4) is 0 Å². The van der Waals surface area contributed by atoms with E-state index in [1.54, 1.807) is 11.8 Å². The molecule has 1 aliphatic heterocycles. The van der Waals surface area contributed by atoms with E-state index in [-0.39, 0.29) is 16.9 Å². The predicted molar refractivity (Wildman–Crippen MR) is 105 cm³/mol. The monoisotopic (exact) mass is 370 g/mol. The van der Waals surface area contributed by atoms with Gasteiger partial charge in [-0.15, -0.1) is 11.8 Å². The molecule has 0 saturated carbocycles. The van der Waals surface area contributed by atoms with E-state index in [0.29, 0.717) is 6.61 Å². The maximum absolute atomic E-state index is 12.7. The zero-order valence-corrected chi connectivity index (χ0v) is 16.5. The maximum Gasteiger partial charge on any atom is 0.410 e. The van der Waals surface area contributed by atoms with E-state index in [9.17, 15) is 4.79 Å². The van der Waals surface area contributed by atoms with Crippen LogP contribution >= 0.6 is 11.8 Å². The van der Waals surface area contributed by atoms with Crippen LogP contribution in [-0.4, -0.2) is 27.3 Å². The van der Waals surface area contributed by atoms with Gasteiger partial charge in [-0.05, 0) is 24.5 Å². The second-order valence-corrected chi connectivity index (χ2v) is 9.32. The van der Waals surface area contributed by atoms with Crippen molar-refractivity contribution in [3.63, 3.8) is 0 Å². The van der Waals surface area contributed by atoms with Crippen molar-refractivity contribution >= 4 is 17.9 Å². The summed E-state index contributed by atoms with van der Waals surface area (Å²) in [4.78, 5) is 19.1. The minimum atomic E-state index is -0.244. The van der Waals surface area contributed by atoms with Crippen LogP contribution in [0.5, 0.6) is 0 Å². The second kappa shape index (κ2) is 8.12. The van der Waals surface area contributed by atoms with E-state index >= 15 is 0 Å². The Morgan fingerprint density at radius 3 is 2.73 bits per heavy atom. The summed E-state index contributed by atoms with van der Waals surface area (Å²) in [7, 11) is 0. The average Bonchev–Trinajstić information content (AvgIpc) is 3.09. The Balaban J connectivity index is 1.73. The number of hydrogen-bond donors (Lipinski definition) is 0. The third kappa shape index (κ3) is 4.79. The van der Waals surface area contributed by atoms with Gasteiger partial charge in [-0.3, -0.25) is 0 Å². The molecule has 1 atom stereocenters. The van der Waals surface area contributed by atoms with Crippen LogP contribution in [0.1, 0.15) is 50.8 Å². The largest absolute Gasteiger partial charge is 0.445 e. The molecule has 5 heteroatoms. The second-order valence-electron chi connectivity index (χ2n) is 7.50. The third-order valence-corrected chi connectivity index (χ3v) is 5.40. The lowest BCUT2D eigenvalue weighted by atomic mass is 10.1. The number of nitrogens with zero attached hydrogens (tertiary/aromatic N) is 2. The van der Waals surface area contributed by atoms with Gasteiger partial charge in [-0.25, -0.2) is 9.78 Å². The van der Waals surface area contributed by atoms with Crippen LogP contribution in [0.15, 0.2) is 53.7 Å². The average molecular weight is 371 g/mol. The van der Waals surface area contributed by atoms with Gasteiger partial charge in [0.05, 0.1) is 6.04 Å². The van der Waals surface area contributed by atoms with Crippen LogP contribution in [0.3, 0.4) is 0 Å². The lowest BCUT2D eigenvalue weighted by Crippen LogP contribution is -2.31. The normalized spacial score (nSPS) is 17.3. The molecule has 1 fully saturated rings. The van der Waals surface area contributed by atoms with Crippen LogP contribution in [0.2, 0.25) is 0 Å². The minimum absolute atomic E-state index is 0.0387. The summed E-state index contributed by atoms with van der Waals surface area (Å²) in [6.07, 6.45) is 3.51. The summed E-state index contributed by atoms with van der Waals surface area (Å²) >= 11 is 1.75. The quantitative estimate of drug-likeness (QED) is 0.672. The summed E-state index contributed by atoms with van der Waals surface area (Å²) in [6.45, 7) is 7.57. The summed E-state index contributed by atoms with van der Waals surface area (Å²) in [5.74, 6) is 0. The van der Waals surface area contributed by atoms with Crippen molar-refractivity contribution in [1.29, 1.82) is 0 Å². The Kier molecular flexibility index (Phi) is 5.87. The van der Waals surface area contributed by atoms with Crippen molar-refractivity contribution in [2.75, 3.05) is 6.54 Å². The van der Waals surface area contributed by atoms with Gasteiger partial charge in [0, 0.05) is 23.1 Å². The number of rotatable bonds is 4. The van der Waals surface area contributed by atoms with Gasteiger partial charge in [0.1, 0.15) is 11.6 Å². The number of pyridine rings is 1. The Labute approximate surface area is 160 Å². The number of hydrogen-bond acceptors (Lipinski definition) is 4. The van der Waals surface area contributed by atoms with Crippen molar-refractivity contribution < 1.29 is 9.53 Å². The molecule has 2 aromatic rings. The number of benzene rings is 1. The first-order valence-corrected chi connectivity index (χ1v) is 9.87. The van der Waals surface area contributed by atoms with E-state index in [1.807, 2.05) is 47.5 Å². The molecule has 4 nitrogen and oxygen atoms in total. The molecular weight excluding hydrogens is 344 g/mol. The summed E-state index contributed by atoms with van der Waals surface area (Å²) < 4.78 is 5.63. The van der Waals surface area contributed by atoms with Crippen LogP contribution < -0.4 is 0 Å². The third-order valence-electron chi connectivity index (χ3n) is 4.25. The van der Waals surface area contributed by atoms with Gasteiger partial charge in [0.25, 0.3) is 0 Å². The molecule has 1 amide bonds. The summed E-state index contributed by atoms with van der Waals surface area (Å²) in [5, 5.41) is 1.01. The molecule has 1 aliphatic rings. The van der Waals surface area contributed by atoms with Crippen molar-refractivity contribution in [2.45, 2.75) is 56.0 Å². The van der Waals surface area contributed by atoms with Crippen LogP contribution in [-0.2, 0) is 11.3 Å². The van der Waals surface area contributed by atoms with Gasteiger partial charge in [0.15, 0.2) is 0 Å². The number of likely N-dealkylation sites (tertiary alicyclic amines) is 1. The standard InChI is InChI=1S/C21H26N2O2S/c1-21(2,3)26-19-17(11-7-13-22-19)18-12-8-14-23(18)20(24)25-15-16-9-5-4-6-10-16/h4-7,9-11,13,18H,8,12,14-15H2,1-3H3/t18-/m1/s1. The molecule has 0 aliphatic carbocycles. The van der Waals surface area contributed by atoms with E-state index in [2.05, 4.69) is 31.8 Å². The van der Waals surface area contributed by atoms with Crippen molar-refractivity contribution in [2.24, 2.45) is 0 Å². The highest BCUT2D eigenvalue weighted by atomic mass is 32.2. The first kappa shape index (κ1) is 18.8. The van der Waals surface area contributed by atoms with Gasteiger partial charge < -0.3 is 9.64 Å². The molecule has 1 aromatic heterocycles. The fourth-order valence-electron chi connectivity index (χ4n) is 3.14. The van der Waals surface area contributed by atoms with Crippen LogP contribution in [0.4, 0.5) is 4.79 Å². The molecule has 0 spiro atoms. The zero-order valence-electron chi connectivity index (χ0n) is 15.6. The fourth-order valence-corrected chi connectivity index (χ4v) is 4.16. The van der Waals surface area contributed by atoms with E-state index in [4.69, 9.17) is 4.74 Å². The maximum atomic E-state index is 12.7. The number of carbonyl (C=O) groups is 1. The van der Waals surface area contributed by atoms with E-state index in [0.717, 1.165) is 35.5 Å². The minimum Gasteiger partial charge on any atom is -0.445 e. The molecule has 138 valence electrons. The smallest absolute Gasteiger partial charge is 0.410 e. The Morgan fingerprint density at radius 2 is 2.00 bits per heavy atom. The molecule has 0 unspecified atom stereocenters. The highest BCUT2D eigenvalue weighted by Crippen LogP contribution is 2.40. The molecule has 0 radical (unpaired) electrons. The molecule has 3 rings (SSSR count). The van der Waals surface area contributed by atoms with Crippen molar-refractivity contribution in [3.05, 3.63) is 59.8 Å². The highest BCUT2D eigenvalue weighted by molar-refractivity contribution is 8.00. The molecular formula is C21H26N2O2S.